The number of aromatic nitrogens is 1. The maximum atomic E-state index is 12.2. The van der Waals surface area contributed by atoms with Crippen molar-refractivity contribution in [3.05, 3.63) is 29.3 Å². The van der Waals surface area contributed by atoms with Gasteiger partial charge in [0.05, 0.1) is 13.0 Å². The molecule has 0 unspecified atom stereocenters. The van der Waals surface area contributed by atoms with E-state index in [0.717, 1.165) is 0 Å². The Hall–Kier alpha value is 0.270. The van der Waals surface area contributed by atoms with Crippen LogP contribution in [-0.2, 0) is 0 Å². The Bertz CT molecular complexity index is 350. The summed E-state index contributed by atoms with van der Waals surface area (Å²) in [6.45, 7) is 0. The minimum absolute atomic E-state index is 0.0583. The van der Waals surface area contributed by atoms with Crippen LogP contribution in [0.25, 0.3) is 0 Å². The molecular formula is C6H3F2I2NO. The molecule has 0 saturated heterocycles. The van der Waals surface area contributed by atoms with E-state index in [9.17, 15) is 13.6 Å². The Kier molecular flexibility index (Phi) is 3.44. The van der Waals surface area contributed by atoms with Crippen molar-refractivity contribution in [2.45, 2.75) is 6.43 Å². The highest BCUT2D eigenvalue weighted by molar-refractivity contribution is 14.1. The highest BCUT2D eigenvalue weighted by Crippen LogP contribution is 2.20. The maximum Gasteiger partial charge on any atom is 0.279 e. The summed E-state index contributed by atoms with van der Waals surface area (Å²) in [6.07, 6.45) is -2.63. The minimum atomic E-state index is -2.63. The van der Waals surface area contributed by atoms with Crippen LogP contribution in [0.3, 0.4) is 0 Å². The Morgan fingerprint density at radius 2 is 2.00 bits per heavy atom. The lowest BCUT2D eigenvalue weighted by molar-refractivity contribution is 0.144. The summed E-state index contributed by atoms with van der Waals surface area (Å²) in [5, 5.41) is 0. The first-order chi connectivity index (χ1) is 5.52. The predicted octanol–water partition coefficient (Wildman–Crippen LogP) is 2.52. The first-order valence-corrected chi connectivity index (χ1v) is 5.04. The quantitative estimate of drug-likeness (QED) is 0.574. The van der Waals surface area contributed by atoms with Gasteiger partial charge in [0.15, 0.2) is 5.43 Å². The van der Waals surface area contributed by atoms with Gasteiger partial charge < -0.3 is 4.98 Å². The van der Waals surface area contributed by atoms with E-state index in [2.05, 4.69) is 4.98 Å². The number of aromatic amines is 1. The second-order valence-electron chi connectivity index (χ2n) is 2.01. The van der Waals surface area contributed by atoms with E-state index in [1.807, 2.05) is 0 Å². The van der Waals surface area contributed by atoms with Crippen LogP contribution in [0.2, 0.25) is 0 Å². The Labute approximate surface area is 94.0 Å². The Morgan fingerprint density at radius 3 is 2.50 bits per heavy atom. The molecule has 0 amide bonds. The van der Waals surface area contributed by atoms with Crippen LogP contribution < -0.4 is 5.43 Å². The third-order valence-electron chi connectivity index (χ3n) is 1.18. The van der Waals surface area contributed by atoms with Gasteiger partial charge in [0.25, 0.3) is 6.43 Å². The smallest absolute Gasteiger partial charge is 0.279 e. The van der Waals surface area contributed by atoms with Crippen molar-refractivity contribution in [3.8, 4) is 0 Å². The largest absolute Gasteiger partial charge is 0.348 e. The first-order valence-electron chi connectivity index (χ1n) is 2.88. The van der Waals surface area contributed by atoms with Crippen molar-refractivity contribution >= 4 is 45.2 Å². The maximum absolute atomic E-state index is 12.2. The molecular weight excluding hydrogens is 394 g/mol. The molecule has 6 heteroatoms. The fourth-order valence-electron chi connectivity index (χ4n) is 0.681. The molecule has 66 valence electrons. The number of rotatable bonds is 1. The zero-order chi connectivity index (χ0) is 9.30. The number of nitrogens with one attached hydrogen (secondary N) is 1. The van der Waals surface area contributed by atoms with Crippen LogP contribution in [0, 0.1) is 7.27 Å². The van der Waals surface area contributed by atoms with E-state index in [-0.39, 0.29) is 14.7 Å². The molecule has 0 aliphatic heterocycles. The number of pyridine rings is 1. The molecule has 0 radical (unpaired) electrons. The molecule has 0 saturated carbocycles. The van der Waals surface area contributed by atoms with E-state index < -0.39 is 6.43 Å². The number of hydrogen-bond donors (Lipinski definition) is 1. The highest BCUT2D eigenvalue weighted by atomic mass is 127. The lowest BCUT2D eigenvalue weighted by atomic mass is 10.3. The number of hydrogen-bond acceptors (Lipinski definition) is 1. The lowest BCUT2D eigenvalue weighted by Crippen LogP contribution is -2.11. The summed E-state index contributed by atoms with van der Waals surface area (Å²) in [4.78, 5) is 13.4. The van der Waals surface area contributed by atoms with Gasteiger partial charge >= 0.3 is 0 Å². The molecule has 1 rings (SSSR count). The lowest BCUT2D eigenvalue weighted by Gasteiger charge is -2.02. The molecule has 1 heterocycles. The van der Waals surface area contributed by atoms with Crippen LogP contribution in [0.5, 0.6) is 0 Å². The fraction of sp³-hybridized carbons (Fsp3) is 0.167. The molecule has 0 bridgehead atoms. The van der Waals surface area contributed by atoms with Crippen LogP contribution >= 0.6 is 45.2 Å². The van der Waals surface area contributed by atoms with Crippen molar-refractivity contribution in [2.24, 2.45) is 0 Å². The van der Waals surface area contributed by atoms with E-state index in [4.69, 9.17) is 0 Å². The summed E-state index contributed by atoms with van der Waals surface area (Å²) in [7, 11) is 0. The zero-order valence-corrected chi connectivity index (χ0v) is 9.89. The molecule has 12 heavy (non-hydrogen) atoms. The standard InChI is InChI=1S/C6H3F2I2NO/c7-6(8)5-4(10)2(12)1-3(9)11-5/h1,6H,(H,11,12). The van der Waals surface area contributed by atoms with Gasteiger partial charge in [-0.15, -0.1) is 0 Å². The Balaban J connectivity index is 3.38. The van der Waals surface area contributed by atoms with E-state index in [1.54, 1.807) is 45.2 Å². The predicted molar refractivity (Wildman–Crippen MR) is 57.5 cm³/mol. The molecule has 1 aromatic rings. The molecule has 1 aromatic heterocycles. The average Bonchev–Trinajstić information content (AvgIpc) is 1.96. The minimum Gasteiger partial charge on any atom is -0.348 e. The average molecular weight is 397 g/mol. The SMILES string of the molecule is O=c1cc(I)[nH]c(C(F)F)c1I. The van der Waals surface area contributed by atoms with Crippen molar-refractivity contribution in [3.63, 3.8) is 0 Å². The molecule has 2 nitrogen and oxygen atoms in total. The summed E-state index contributed by atoms with van der Waals surface area (Å²) >= 11 is 3.40. The molecule has 0 aliphatic carbocycles. The second-order valence-corrected chi connectivity index (χ2v) is 4.25. The molecule has 0 atom stereocenters. The van der Waals surface area contributed by atoms with Gasteiger partial charge in [0.2, 0.25) is 0 Å². The van der Waals surface area contributed by atoms with E-state index in [0.29, 0.717) is 3.70 Å². The van der Waals surface area contributed by atoms with Crippen LogP contribution in [-0.4, -0.2) is 4.98 Å². The van der Waals surface area contributed by atoms with Crippen molar-refractivity contribution in [2.75, 3.05) is 0 Å². The topological polar surface area (TPSA) is 32.9 Å². The van der Waals surface area contributed by atoms with Crippen molar-refractivity contribution in [1.29, 1.82) is 0 Å². The number of alkyl halides is 2. The van der Waals surface area contributed by atoms with Crippen molar-refractivity contribution in [1.82, 2.24) is 4.98 Å². The highest BCUT2D eigenvalue weighted by Gasteiger charge is 2.14. The number of H-pyrrole nitrogens is 1. The molecule has 0 fully saturated rings. The van der Waals surface area contributed by atoms with Gasteiger partial charge in [0.1, 0.15) is 0 Å². The molecule has 0 spiro atoms. The van der Waals surface area contributed by atoms with Crippen LogP contribution in [0.4, 0.5) is 8.78 Å². The number of halogens is 4. The third kappa shape index (κ3) is 2.15. The van der Waals surface area contributed by atoms with Crippen LogP contribution in [0.15, 0.2) is 10.9 Å². The van der Waals surface area contributed by atoms with E-state index >= 15 is 0 Å². The molecule has 0 aromatic carbocycles. The third-order valence-corrected chi connectivity index (χ3v) is 2.88. The normalized spacial score (nSPS) is 10.8. The summed E-state index contributed by atoms with van der Waals surface area (Å²) in [6, 6.07) is 1.29. The van der Waals surface area contributed by atoms with Crippen LogP contribution in [0.1, 0.15) is 12.1 Å². The Morgan fingerprint density at radius 1 is 1.42 bits per heavy atom. The van der Waals surface area contributed by atoms with Gasteiger partial charge in [-0.05, 0) is 45.2 Å². The molecule has 1 N–H and O–H groups in total. The summed E-state index contributed by atoms with van der Waals surface area (Å²) in [5.41, 5.74) is -0.665. The zero-order valence-electron chi connectivity index (χ0n) is 5.57. The van der Waals surface area contributed by atoms with Gasteiger partial charge in [-0.25, -0.2) is 8.78 Å². The van der Waals surface area contributed by atoms with Gasteiger partial charge in [-0.1, -0.05) is 0 Å². The molecule has 0 aliphatic rings. The fourth-order valence-corrected chi connectivity index (χ4v) is 1.78. The van der Waals surface area contributed by atoms with E-state index in [1.165, 1.54) is 6.07 Å². The van der Waals surface area contributed by atoms with Gasteiger partial charge in [0, 0.05) is 6.07 Å². The summed E-state index contributed by atoms with van der Waals surface area (Å²) < 4.78 is 24.9. The van der Waals surface area contributed by atoms with Crippen molar-refractivity contribution < 1.29 is 8.78 Å². The van der Waals surface area contributed by atoms with Gasteiger partial charge in [-0.3, -0.25) is 4.79 Å². The monoisotopic (exact) mass is 397 g/mol. The second kappa shape index (κ2) is 3.99. The summed E-state index contributed by atoms with van der Waals surface area (Å²) in [5.74, 6) is 0. The van der Waals surface area contributed by atoms with Gasteiger partial charge in [-0.2, -0.15) is 0 Å². The first kappa shape index (κ1) is 10.4.